The average molecular weight is 739 g/mol. The Morgan fingerprint density at radius 1 is 1.12 bits per heavy atom. The Labute approximate surface area is 254 Å². The molecule has 1 aliphatic carbocycles. The second kappa shape index (κ2) is 11.3. The standard InChI is InChI=1S/C28H35BrF3IN4O3/c1-26(2,3)40-25(38)37-14-27(15-37)9-11-36(12-10-27)24-18-13-19(33)20(29)22(39-16-28(30,31)32)21(18)34-23(35-24)17-7-5-4-6-8-17/h13,17H,4-12,14-16H2,1-3H3. The second-order valence-corrected chi connectivity index (χ2v) is 14.3. The summed E-state index contributed by atoms with van der Waals surface area (Å²) < 4.78 is 51.6. The quantitative estimate of drug-likeness (QED) is 0.298. The van der Waals surface area contributed by atoms with E-state index in [0.717, 1.165) is 61.0 Å². The average Bonchev–Trinajstić information content (AvgIpc) is 2.86. The molecule has 3 heterocycles. The lowest BCUT2D eigenvalue weighted by atomic mass is 9.72. The monoisotopic (exact) mass is 738 g/mol. The molecule has 2 saturated heterocycles. The number of hydrogen-bond acceptors (Lipinski definition) is 6. The van der Waals surface area contributed by atoms with Crippen LogP contribution in [0.1, 0.15) is 77.5 Å². The minimum atomic E-state index is -4.47. The first kappa shape index (κ1) is 29.9. The highest BCUT2D eigenvalue weighted by Crippen LogP contribution is 2.45. The molecule has 1 saturated carbocycles. The number of amides is 1. The van der Waals surface area contributed by atoms with E-state index in [9.17, 15) is 18.0 Å². The maximum Gasteiger partial charge on any atom is 0.422 e. The van der Waals surface area contributed by atoms with Gasteiger partial charge in [-0.2, -0.15) is 13.2 Å². The van der Waals surface area contributed by atoms with Gasteiger partial charge in [0.1, 0.15) is 22.8 Å². The lowest BCUT2D eigenvalue weighted by Crippen LogP contribution is -2.62. The molecule has 12 heteroatoms. The zero-order valence-electron chi connectivity index (χ0n) is 23.0. The SMILES string of the molecule is CC(C)(C)OC(=O)N1CC2(CCN(c3nc(C4CCCCC4)nc4c(OCC(F)(F)F)c(Br)c(I)cc34)CC2)C1. The molecular formula is C28H35BrF3IN4O3. The molecule has 40 heavy (non-hydrogen) atoms. The first-order valence-corrected chi connectivity index (χ1v) is 15.7. The van der Waals surface area contributed by atoms with Crippen LogP contribution >= 0.6 is 38.5 Å². The smallest absolute Gasteiger partial charge is 0.422 e. The van der Waals surface area contributed by atoms with Gasteiger partial charge >= 0.3 is 12.3 Å². The van der Waals surface area contributed by atoms with Gasteiger partial charge in [-0.3, -0.25) is 0 Å². The van der Waals surface area contributed by atoms with Gasteiger partial charge in [0.2, 0.25) is 0 Å². The number of nitrogens with zero attached hydrogens (tertiary/aromatic N) is 4. The fourth-order valence-electron chi connectivity index (χ4n) is 5.98. The Hall–Kier alpha value is -1.57. The fourth-order valence-corrected chi connectivity index (χ4v) is 6.95. The van der Waals surface area contributed by atoms with Crippen molar-refractivity contribution in [3.05, 3.63) is 19.9 Å². The molecule has 0 N–H and O–H groups in total. The van der Waals surface area contributed by atoms with Crippen molar-refractivity contribution in [2.45, 2.75) is 83.4 Å². The van der Waals surface area contributed by atoms with Crippen molar-refractivity contribution in [2.75, 3.05) is 37.7 Å². The molecule has 1 spiro atoms. The number of carbonyl (C=O) groups excluding carboxylic acids is 1. The first-order chi connectivity index (χ1) is 18.7. The van der Waals surface area contributed by atoms with Crippen LogP contribution in [0.3, 0.4) is 0 Å². The normalized spacial score (nSPS) is 20.1. The Morgan fingerprint density at radius 2 is 1.77 bits per heavy atom. The Balaban J connectivity index is 1.43. The summed E-state index contributed by atoms with van der Waals surface area (Å²) in [4.78, 5) is 26.4. The summed E-state index contributed by atoms with van der Waals surface area (Å²) >= 11 is 5.57. The molecule has 3 aliphatic rings. The number of carbonyl (C=O) groups is 1. The summed E-state index contributed by atoms with van der Waals surface area (Å²) in [5.74, 6) is 1.73. The van der Waals surface area contributed by atoms with E-state index in [2.05, 4.69) is 43.4 Å². The number of piperidine rings is 1. The molecule has 7 nitrogen and oxygen atoms in total. The van der Waals surface area contributed by atoms with Crippen molar-refractivity contribution in [3.63, 3.8) is 0 Å². The molecule has 0 radical (unpaired) electrons. The third-order valence-electron chi connectivity index (χ3n) is 8.02. The Morgan fingerprint density at radius 3 is 2.38 bits per heavy atom. The summed E-state index contributed by atoms with van der Waals surface area (Å²) in [7, 11) is 0. The first-order valence-electron chi connectivity index (χ1n) is 13.9. The number of fused-ring (bicyclic) bond motifs is 1. The van der Waals surface area contributed by atoms with Gasteiger partial charge in [-0.15, -0.1) is 0 Å². The van der Waals surface area contributed by atoms with E-state index in [1.807, 2.05) is 26.8 Å². The lowest BCUT2D eigenvalue weighted by Gasteiger charge is -2.53. The van der Waals surface area contributed by atoms with Crippen LogP contribution < -0.4 is 9.64 Å². The van der Waals surface area contributed by atoms with E-state index in [1.54, 1.807) is 4.90 Å². The third-order valence-corrected chi connectivity index (χ3v) is 10.4. The van der Waals surface area contributed by atoms with E-state index in [0.29, 0.717) is 34.3 Å². The largest absolute Gasteiger partial charge is 0.481 e. The topological polar surface area (TPSA) is 67.8 Å². The van der Waals surface area contributed by atoms with Crippen LogP contribution in [-0.4, -0.2) is 65.5 Å². The van der Waals surface area contributed by atoms with Gasteiger partial charge in [-0.25, -0.2) is 14.8 Å². The zero-order valence-corrected chi connectivity index (χ0v) is 26.8. The predicted molar refractivity (Wildman–Crippen MR) is 159 cm³/mol. The number of anilines is 1. The second-order valence-electron chi connectivity index (χ2n) is 12.4. The molecule has 1 aromatic heterocycles. The van der Waals surface area contributed by atoms with Crippen molar-refractivity contribution in [2.24, 2.45) is 5.41 Å². The molecule has 2 aromatic rings. The number of ether oxygens (including phenoxy) is 2. The molecule has 1 amide bonds. The summed E-state index contributed by atoms with van der Waals surface area (Å²) in [6, 6.07) is 1.93. The maximum absolute atomic E-state index is 13.2. The highest BCUT2D eigenvalue weighted by atomic mass is 127. The highest BCUT2D eigenvalue weighted by Gasteiger charge is 2.48. The van der Waals surface area contributed by atoms with Crippen molar-refractivity contribution in [1.82, 2.24) is 14.9 Å². The predicted octanol–water partition coefficient (Wildman–Crippen LogP) is 7.82. The zero-order chi connectivity index (χ0) is 28.9. The molecule has 2 aliphatic heterocycles. The molecule has 220 valence electrons. The summed E-state index contributed by atoms with van der Waals surface area (Å²) in [5.41, 5.74) is -0.0502. The van der Waals surface area contributed by atoms with Crippen LogP contribution in [0.4, 0.5) is 23.8 Å². The van der Waals surface area contributed by atoms with Gasteiger partial charge in [0.15, 0.2) is 12.4 Å². The van der Waals surface area contributed by atoms with Crippen LogP contribution in [0.15, 0.2) is 10.5 Å². The van der Waals surface area contributed by atoms with Crippen molar-refractivity contribution >= 4 is 61.3 Å². The molecule has 0 unspecified atom stereocenters. The molecule has 3 fully saturated rings. The van der Waals surface area contributed by atoms with E-state index in [-0.39, 0.29) is 23.2 Å². The molecular weight excluding hydrogens is 704 g/mol. The van der Waals surface area contributed by atoms with Crippen LogP contribution in [0.2, 0.25) is 0 Å². The van der Waals surface area contributed by atoms with Crippen molar-refractivity contribution in [3.8, 4) is 5.75 Å². The number of alkyl halides is 3. The number of likely N-dealkylation sites (tertiary alicyclic amines) is 1. The number of hydrogen-bond donors (Lipinski definition) is 0. The van der Waals surface area contributed by atoms with Gasteiger partial charge in [0, 0.05) is 46.5 Å². The van der Waals surface area contributed by atoms with Gasteiger partial charge < -0.3 is 19.3 Å². The Bertz CT molecular complexity index is 1260. The van der Waals surface area contributed by atoms with Crippen LogP contribution in [0, 0.1) is 8.99 Å². The van der Waals surface area contributed by atoms with Crippen LogP contribution in [0.25, 0.3) is 10.9 Å². The fraction of sp³-hybridized carbons (Fsp3) is 0.679. The van der Waals surface area contributed by atoms with E-state index in [4.69, 9.17) is 19.4 Å². The molecule has 0 bridgehead atoms. The molecule has 0 atom stereocenters. The van der Waals surface area contributed by atoms with Gasteiger partial charge in [0.05, 0.1) is 4.47 Å². The number of rotatable bonds is 4. The third kappa shape index (κ3) is 6.57. The minimum absolute atomic E-state index is 0.0564. The molecule has 1 aromatic carbocycles. The summed E-state index contributed by atoms with van der Waals surface area (Å²) in [5, 5.41) is 0.698. The van der Waals surface area contributed by atoms with E-state index < -0.39 is 18.4 Å². The number of aromatic nitrogens is 2. The summed E-state index contributed by atoms with van der Waals surface area (Å²) in [6.45, 7) is 7.04. The lowest BCUT2D eigenvalue weighted by molar-refractivity contribution is -0.153. The van der Waals surface area contributed by atoms with Gasteiger partial charge in [-0.05, 0) is 91.0 Å². The van der Waals surface area contributed by atoms with Gasteiger partial charge in [0.25, 0.3) is 0 Å². The van der Waals surface area contributed by atoms with Crippen LogP contribution in [-0.2, 0) is 4.74 Å². The number of benzene rings is 1. The Kier molecular flexibility index (Phi) is 8.42. The van der Waals surface area contributed by atoms with Crippen LogP contribution in [0.5, 0.6) is 5.75 Å². The van der Waals surface area contributed by atoms with E-state index in [1.165, 1.54) is 6.42 Å². The maximum atomic E-state index is 13.2. The number of halogens is 5. The van der Waals surface area contributed by atoms with Gasteiger partial charge in [-0.1, -0.05) is 19.3 Å². The minimum Gasteiger partial charge on any atom is -0.481 e. The van der Waals surface area contributed by atoms with E-state index >= 15 is 0 Å². The van der Waals surface area contributed by atoms with Crippen molar-refractivity contribution < 1.29 is 27.4 Å². The van der Waals surface area contributed by atoms with Crippen molar-refractivity contribution in [1.29, 1.82) is 0 Å². The molecule has 5 rings (SSSR count). The highest BCUT2D eigenvalue weighted by molar-refractivity contribution is 14.1. The summed E-state index contributed by atoms with van der Waals surface area (Å²) in [6.07, 6.45) is 2.35.